The summed E-state index contributed by atoms with van der Waals surface area (Å²) in [7, 11) is 0. The largest absolute Gasteiger partial charge is 0.480 e. The Labute approximate surface area is 117 Å². The summed E-state index contributed by atoms with van der Waals surface area (Å²) in [5.74, 6) is -1.20. The summed E-state index contributed by atoms with van der Waals surface area (Å²) in [6, 6.07) is 1.80. The van der Waals surface area contributed by atoms with Crippen LogP contribution in [0.2, 0.25) is 0 Å². The summed E-state index contributed by atoms with van der Waals surface area (Å²) in [4.78, 5) is 25.3. The highest BCUT2D eigenvalue weighted by Gasteiger charge is 2.43. The first-order chi connectivity index (χ1) is 8.33. The molecule has 2 rings (SSSR count). The molecule has 5 nitrogen and oxygen atoms in total. The van der Waals surface area contributed by atoms with Gasteiger partial charge in [0.2, 0.25) is 0 Å². The number of nitrogens with zero attached hydrogens (tertiary/aromatic N) is 1. The van der Waals surface area contributed by atoms with E-state index < -0.39 is 11.5 Å². The highest BCUT2D eigenvalue weighted by Crippen LogP contribution is 2.30. The predicted molar refractivity (Wildman–Crippen MR) is 71.8 cm³/mol. The highest BCUT2D eigenvalue weighted by atomic mass is 79.9. The lowest BCUT2D eigenvalue weighted by molar-refractivity contribution is -0.142. The van der Waals surface area contributed by atoms with Gasteiger partial charge in [0.25, 0.3) is 5.91 Å². The average molecular weight is 333 g/mol. The van der Waals surface area contributed by atoms with Crippen LogP contribution in [0.15, 0.2) is 9.85 Å². The van der Waals surface area contributed by atoms with Gasteiger partial charge in [0.15, 0.2) is 0 Å². The minimum Gasteiger partial charge on any atom is -0.480 e. The average Bonchev–Trinajstić information content (AvgIpc) is 2.84. The van der Waals surface area contributed by atoms with Gasteiger partial charge in [-0.25, -0.2) is 0 Å². The van der Waals surface area contributed by atoms with E-state index in [0.29, 0.717) is 17.8 Å². The maximum atomic E-state index is 12.2. The van der Waals surface area contributed by atoms with E-state index >= 15 is 0 Å². The van der Waals surface area contributed by atoms with Gasteiger partial charge in [-0.2, -0.15) is 0 Å². The molecule has 0 spiro atoms. The van der Waals surface area contributed by atoms with Crippen molar-refractivity contribution in [3.63, 3.8) is 0 Å². The number of likely N-dealkylation sites (tertiary alicyclic amines) is 1. The van der Waals surface area contributed by atoms with Crippen molar-refractivity contribution in [2.45, 2.75) is 18.9 Å². The summed E-state index contributed by atoms with van der Waals surface area (Å²) in [6.45, 7) is 2.36. The summed E-state index contributed by atoms with van der Waals surface area (Å²) in [5.41, 5.74) is 5.44. The molecule has 1 amide bonds. The van der Waals surface area contributed by atoms with Crippen LogP contribution in [0.5, 0.6) is 0 Å². The smallest absolute Gasteiger partial charge is 0.325 e. The normalized spacial score (nSPS) is 23.4. The number of nitrogens with two attached hydrogens (primary N) is 1. The standard InChI is InChI=1S/C11H13BrN2O3S/c1-6-4-7(18-8(6)12)9(15)14-3-2-11(13,5-14)10(16)17/h4H,2-3,5,13H2,1H3,(H,16,17). The third-order valence-electron chi connectivity index (χ3n) is 3.08. The molecule has 0 radical (unpaired) electrons. The molecule has 0 saturated carbocycles. The fourth-order valence-electron chi connectivity index (χ4n) is 1.90. The lowest BCUT2D eigenvalue weighted by Crippen LogP contribution is -2.50. The molecule has 1 aromatic rings. The van der Waals surface area contributed by atoms with E-state index in [2.05, 4.69) is 15.9 Å². The van der Waals surface area contributed by atoms with Crippen molar-refractivity contribution in [1.82, 2.24) is 4.90 Å². The van der Waals surface area contributed by atoms with Gasteiger partial charge in [0.1, 0.15) is 5.54 Å². The van der Waals surface area contributed by atoms with Gasteiger partial charge in [0, 0.05) is 13.1 Å². The molecule has 0 aromatic carbocycles. The van der Waals surface area contributed by atoms with E-state index in [-0.39, 0.29) is 12.5 Å². The van der Waals surface area contributed by atoms with Crippen LogP contribution in [0.3, 0.4) is 0 Å². The predicted octanol–water partition coefficient (Wildman–Crippen LogP) is 1.45. The van der Waals surface area contributed by atoms with E-state index in [1.165, 1.54) is 16.2 Å². The number of thiophene rings is 1. The van der Waals surface area contributed by atoms with Crippen molar-refractivity contribution >= 4 is 39.1 Å². The summed E-state index contributed by atoms with van der Waals surface area (Å²) in [6.07, 6.45) is 0.291. The molecule has 2 heterocycles. The summed E-state index contributed by atoms with van der Waals surface area (Å²) in [5, 5.41) is 9.02. The van der Waals surface area contributed by atoms with Crippen molar-refractivity contribution in [3.05, 3.63) is 20.3 Å². The van der Waals surface area contributed by atoms with Gasteiger partial charge in [-0.3, -0.25) is 9.59 Å². The second-order valence-electron chi connectivity index (χ2n) is 4.51. The number of hydrogen-bond acceptors (Lipinski definition) is 4. The van der Waals surface area contributed by atoms with E-state index in [1.54, 1.807) is 6.07 Å². The van der Waals surface area contributed by atoms with Crippen molar-refractivity contribution in [1.29, 1.82) is 0 Å². The van der Waals surface area contributed by atoms with Gasteiger partial charge in [-0.15, -0.1) is 11.3 Å². The van der Waals surface area contributed by atoms with Crippen LogP contribution in [-0.2, 0) is 4.79 Å². The number of aliphatic carboxylic acids is 1. The zero-order valence-corrected chi connectivity index (χ0v) is 12.2. The first kappa shape index (κ1) is 13.5. The molecule has 0 bridgehead atoms. The second-order valence-corrected chi connectivity index (χ2v) is 6.88. The molecule has 0 aliphatic carbocycles. The quantitative estimate of drug-likeness (QED) is 0.858. The Bertz CT molecular complexity index is 497. The van der Waals surface area contributed by atoms with Crippen molar-refractivity contribution < 1.29 is 14.7 Å². The molecule has 1 saturated heterocycles. The number of carbonyl (C=O) groups is 2. The third-order valence-corrected chi connectivity index (χ3v) is 5.21. The number of rotatable bonds is 2. The first-order valence-electron chi connectivity index (χ1n) is 5.41. The number of amides is 1. The monoisotopic (exact) mass is 332 g/mol. The third kappa shape index (κ3) is 2.30. The summed E-state index contributed by atoms with van der Waals surface area (Å²) < 4.78 is 0.919. The van der Waals surface area contributed by atoms with Gasteiger partial charge in [-0.1, -0.05) is 0 Å². The minimum atomic E-state index is -1.31. The Morgan fingerprint density at radius 3 is 2.72 bits per heavy atom. The molecule has 3 N–H and O–H groups in total. The topological polar surface area (TPSA) is 83.6 Å². The zero-order valence-electron chi connectivity index (χ0n) is 9.77. The van der Waals surface area contributed by atoms with Gasteiger partial charge in [0.05, 0.1) is 8.66 Å². The molecular formula is C11H13BrN2O3S. The Hall–Kier alpha value is -0.920. The molecule has 1 atom stereocenters. The number of carboxylic acid groups (broad SMARTS) is 1. The van der Waals surface area contributed by atoms with Crippen molar-refractivity contribution in [2.75, 3.05) is 13.1 Å². The minimum absolute atomic E-state index is 0.0652. The molecule has 1 aliphatic rings. The maximum Gasteiger partial charge on any atom is 0.325 e. The molecule has 18 heavy (non-hydrogen) atoms. The van der Waals surface area contributed by atoms with Crippen LogP contribution in [0.4, 0.5) is 0 Å². The summed E-state index contributed by atoms with van der Waals surface area (Å²) >= 11 is 4.72. The second kappa shape index (κ2) is 4.64. The van der Waals surface area contributed by atoms with Gasteiger partial charge >= 0.3 is 5.97 Å². The lowest BCUT2D eigenvalue weighted by atomic mass is 10.0. The first-order valence-corrected chi connectivity index (χ1v) is 7.02. The number of hydrogen-bond donors (Lipinski definition) is 2. The molecule has 1 aliphatic heterocycles. The van der Waals surface area contributed by atoms with E-state index in [1.807, 2.05) is 6.92 Å². The fraction of sp³-hybridized carbons (Fsp3) is 0.455. The number of halogens is 1. The molecule has 1 fully saturated rings. The van der Waals surface area contributed by atoms with E-state index in [0.717, 1.165) is 9.35 Å². The number of aryl methyl sites for hydroxylation is 1. The van der Waals surface area contributed by atoms with Gasteiger partial charge < -0.3 is 15.7 Å². The highest BCUT2D eigenvalue weighted by molar-refractivity contribution is 9.11. The Kier molecular flexibility index (Phi) is 3.48. The van der Waals surface area contributed by atoms with Crippen molar-refractivity contribution in [2.24, 2.45) is 5.73 Å². The van der Waals surface area contributed by atoms with Crippen LogP contribution < -0.4 is 5.73 Å². The van der Waals surface area contributed by atoms with E-state index in [4.69, 9.17) is 10.8 Å². The zero-order chi connectivity index (χ0) is 13.5. The van der Waals surface area contributed by atoms with E-state index in [9.17, 15) is 9.59 Å². The van der Waals surface area contributed by atoms with Crippen molar-refractivity contribution in [3.8, 4) is 0 Å². The Morgan fingerprint density at radius 2 is 2.28 bits per heavy atom. The Balaban J connectivity index is 2.15. The Morgan fingerprint density at radius 1 is 1.61 bits per heavy atom. The SMILES string of the molecule is Cc1cc(C(=O)N2CCC(N)(C(=O)O)C2)sc1Br. The number of carbonyl (C=O) groups excluding carboxylic acids is 1. The molecule has 1 aromatic heterocycles. The van der Waals surface area contributed by atoms with Crippen LogP contribution in [-0.4, -0.2) is 40.5 Å². The van der Waals surface area contributed by atoms with Crippen LogP contribution >= 0.6 is 27.3 Å². The van der Waals surface area contributed by atoms with Gasteiger partial charge in [-0.05, 0) is 40.9 Å². The van der Waals surface area contributed by atoms with Crippen LogP contribution in [0, 0.1) is 6.92 Å². The number of carboxylic acids is 1. The maximum absolute atomic E-state index is 12.2. The molecular weight excluding hydrogens is 320 g/mol. The molecule has 7 heteroatoms. The lowest BCUT2D eigenvalue weighted by Gasteiger charge is -2.19. The van der Waals surface area contributed by atoms with Crippen LogP contribution in [0.1, 0.15) is 21.7 Å². The fourth-order valence-corrected chi connectivity index (χ4v) is 3.40. The molecule has 98 valence electrons. The van der Waals surface area contributed by atoms with Crippen LogP contribution in [0.25, 0.3) is 0 Å². The molecule has 1 unspecified atom stereocenters.